The van der Waals surface area contributed by atoms with Crippen molar-refractivity contribution in [3.05, 3.63) is 72.1 Å². The largest absolute Gasteiger partial charge is 0.324 e. The van der Waals surface area contributed by atoms with Crippen molar-refractivity contribution in [2.45, 2.75) is 30.4 Å². The van der Waals surface area contributed by atoms with Gasteiger partial charge in [-0.1, -0.05) is 30.3 Å². The summed E-state index contributed by atoms with van der Waals surface area (Å²) in [5, 5.41) is 15.7. The molecule has 9 heteroatoms. The van der Waals surface area contributed by atoms with E-state index in [4.69, 9.17) is 0 Å². The molecule has 0 saturated heterocycles. The summed E-state index contributed by atoms with van der Waals surface area (Å²) in [7, 11) is 0. The van der Waals surface area contributed by atoms with E-state index < -0.39 is 0 Å². The Hall–Kier alpha value is -3.59. The van der Waals surface area contributed by atoms with Gasteiger partial charge in [0.05, 0.1) is 0 Å². The molecule has 0 fully saturated rings. The number of amides is 1. The van der Waals surface area contributed by atoms with Crippen LogP contribution >= 0.6 is 11.8 Å². The number of rotatable bonds is 6. The number of hydrogen-bond acceptors (Lipinski definition) is 7. The molecule has 0 spiro atoms. The van der Waals surface area contributed by atoms with Crippen LogP contribution in [-0.4, -0.2) is 36.1 Å². The summed E-state index contributed by atoms with van der Waals surface area (Å²) in [5.41, 5.74) is 3.41. The third-order valence-electron chi connectivity index (χ3n) is 4.08. The molecule has 4 rings (SSSR count). The van der Waals surface area contributed by atoms with Gasteiger partial charge in [0.15, 0.2) is 5.16 Å². The first-order valence-corrected chi connectivity index (χ1v) is 10.1. The highest BCUT2D eigenvalue weighted by Gasteiger charge is 2.10. The number of tetrazole rings is 1. The molecular formula is C21H19N7OS. The average Bonchev–Trinajstić information content (AvgIpc) is 3.18. The molecule has 0 aliphatic rings. The number of carbonyl (C=O) groups excluding carboxylic acids is 1. The van der Waals surface area contributed by atoms with Crippen LogP contribution in [0.3, 0.4) is 0 Å². The number of hydrogen-bond donors (Lipinski definition) is 1. The molecule has 150 valence electrons. The fourth-order valence-corrected chi connectivity index (χ4v) is 3.66. The van der Waals surface area contributed by atoms with Crippen molar-refractivity contribution >= 4 is 23.4 Å². The van der Waals surface area contributed by atoms with Gasteiger partial charge in [0.25, 0.3) is 0 Å². The Bertz CT molecular complexity index is 1140. The predicted molar refractivity (Wildman–Crippen MR) is 114 cm³/mol. The SMILES string of the molecule is Cc1cc(C)nc(Sc2ccc(NC(=O)Cn3nnc(-c4ccccc4)n3)cc2)n1. The highest BCUT2D eigenvalue weighted by atomic mass is 32.2. The summed E-state index contributed by atoms with van der Waals surface area (Å²) in [4.78, 5) is 23.4. The number of anilines is 1. The molecule has 0 unspecified atom stereocenters. The van der Waals surface area contributed by atoms with Crippen molar-refractivity contribution in [1.29, 1.82) is 0 Å². The summed E-state index contributed by atoms with van der Waals surface area (Å²) < 4.78 is 0. The van der Waals surface area contributed by atoms with Gasteiger partial charge < -0.3 is 5.32 Å². The highest BCUT2D eigenvalue weighted by Crippen LogP contribution is 2.26. The number of benzene rings is 2. The highest BCUT2D eigenvalue weighted by molar-refractivity contribution is 7.99. The van der Waals surface area contributed by atoms with Gasteiger partial charge in [-0.2, -0.15) is 4.80 Å². The molecule has 2 aromatic heterocycles. The molecule has 0 aliphatic heterocycles. The van der Waals surface area contributed by atoms with E-state index in [1.165, 1.54) is 16.6 Å². The van der Waals surface area contributed by atoms with Crippen molar-refractivity contribution in [1.82, 2.24) is 30.2 Å². The Morgan fingerprint density at radius 1 is 1.00 bits per heavy atom. The normalized spacial score (nSPS) is 10.7. The second kappa shape index (κ2) is 8.83. The topological polar surface area (TPSA) is 98.5 Å². The van der Waals surface area contributed by atoms with Crippen molar-refractivity contribution in [2.24, 2.45) is 0 Å². The van der Waals surface area contributed by atoms with E-state index in [1.54, 1.807) is 0 Å². The lowest BCUT2D eigenvalue weighted by atomic mass is 10.2. The zero-order chi connectivity index (χ0) is 20.9. The minimum Gasteiger partial charge on any atom is -0.324 e. The first-order chi connectivity index (χ1) is 14.5. The maximum Gasteiger partial charge on any atom is 0.248 e. The molecule has 2 aromatic carbocycles. The van der Waals surface area contributed by atoms with Gasteiger partial charge >= 0.3 is 0 Å². The number of carbonyl (C=O) groups is 1. The second-order valence-electron chi connectivity index (χ2n) is 6.62. The molecule has 4 aromatic rings. The van der Waals surface area contributed by atoms with Gasteiger partial charge in [0.1, 0.15) is 6.54 Å². The van der Waals surface area contributed by atoms with Gasteiger partial charge in [-0.25, -0.2) is 9.97 Å². The monoisotopic (exact) mass is 417 g/mol. The van der Waals surface area contributed by atoms with Crippen molar-refractivity contribution in [3.63, 3.8) is 0 Å². The van der Waals surface area contributed by atoms with E-state index in [2.05, 4.69) is 30.7 Å². The van der Waals surface area contributed by atoms with E-state index in [-0.39, 0.29) is 12.5 Å². The Morgan fingerprint density at radius 3 is 2.40 bits per heavy atom. The first kappa shape index (κ1) is 19.7. The fourth-order valence-electron chi connectivity index (χ4n) is 2.79. The molecule has 0 saturated carbocycles. The smallest absolute Gasteiger partial charge is 0.248 e. The standard InChI is InChI=1S/C21H19N7OS/c1-14-12-15(2)23-21(22-14)30-18-10-8-17(9-11-18)24-19(29)13-28-26-20(25-27-28)16-6-4-3-5-7-16/h3-12H,13H2,1-2H3,(H,24,29). The average molecular weight is 417 g/mol. The number of nitrogens with zero attached hydrogens (tertiary/aromatic N) is 6. The molecule has 0 aliphatic carbocycles. The Labute approximate surface area is 177 Å². The molecule has 1 amide bonds. The summed E-state index contributed by atoms with van der Waals surface area (Å²) in [6.45, 7) is 3.88. The number of aryl methyl sites for hydroxylation is 2. The summed E-state index contributed by atoms with van der Waals surface area (Å²) in [6.07, 6.45) is 0. The first-order valence-electron chi connectivity index (χ1n) is 9.28. The maximum absolute atomic E-state index is 12.3. The zero-order valence-corrected chi connectivity index (χ0v) is 17.3. The predicted octanol–water partition coefficient (Wildman–Crippen LogP) is 3.54. The van der Waals surface area contributed by atoms with E-state index in [1.807, 2.05) is 74.5 Å². The third-order valence-corrected chi connectivity index (χ3v) is 4.95. The van der Waals surface area contributed by atoms with Gasteiger partial charge in [-0.3, -0.25) is 4.79 Å². The van der Waals surface area contributed by atoms with E-state index in [0.29, 0.717) is 16.7 Å². The molecule has 0 atom stereocenters. The third kappa shape index (κ3) is 5.06. The molecule has 1 N–H and O–H groups in total. The fraction of sp³-hybridized carbons (Fsp3) is 0.143. The van der Waals surface area contributed by atoms with E-state index in [0.717, 1.165) is 21.8 Å². The van der Waals surface area contributed by atoms with Crippen LogP contribution in [-0.2, 0) is 11.3 Å². The van der Waals surface area contributed by atoms with Gasteiger partial charge in [0, 0.05) is 27.5 Å². The molecule has 0 bridgehead atoms. The lowest BCUT2D eigenvalue weighted by Crippen LogP contribution is -2.20. The van der Waals surface area contributed by atoms with Crippen LogP contribution in [0.4, 0.5) is 5.69 Å². The van der Waals surface area contributed by atoms with Crippen LogP contribution in [0.25, 0.3) is 11.4 Å². The number of aromatic nitrogens is 6. The van der Waals surface area contributed by atoms with Crippen molar-refractivity contribution in [2.75, 3.05) is 5.32 Å². The minimum absolute atomic E-state index is 0.0211. The van der Waals surface area contributed by atoms with Gasteiger partial charge in [-0.05, 0) is 61.2 Å². The summed E-state index contributed by atoms with van der Waals surface area (Å²) >= 11 is 1.48. The van der Waals surface area contributed by atoms with Gasteiger partial charge in [-0.15, -0.1) is 10.2 Å². The Morgan fingerprint density at radius 2 is 1.70 bits per heavy atom. The lowest BCUT2D eigenvalue weighted by molar-refractivity contribution is -0.117. The quantitative estimate of drug-likeness (QED) is 0.479. The van der Waals surface area contributed by atoms with Crippen LogP contribution in [0, 0.1) is 13.8 Å². The van der Waals surface area contributed by atoms with Crippen LogP contribution in [0.5, 0.6) is 0 Å². The molecular weight excluding hydrogens is 398 g/mol. The van der Waals surface area contributed by atoms with Crippen molar-refractivity contribution < 1.29 is 4.79 Å². The van der Waals surface area contributed by atoms with E-state index in [9.17, 15) is 4.79 Å². The van der Waals surface area contributed by atoms with Gasteiger partial charge in [0.2, 0.25) is 11.7 Å². The van der Waals surface area contributed by atoms with Crippen LogP contribution < -0.4 is 5.32 Å². The lowest BCUT2D eigenvalue weighted by Gasteiger charge is -2.06. The molecule has 30 heavy (non-hydrogen) atoms. The van der Waals surface area contributed by atoms with E-state index >= 15 is 0 Å². The summed E-state index contributed by atoms with van der Waals surface area (Å²) in [5.74, 6) is 0.253. The molecule has 0 radical (unpaired) electrons. The molecule has 8 nitrogen and oxygen atoms in total. The minimum atomic E-state index is -0.231. The molecule has 2 heterocycles. The summed E-state index contributed by atoms with van der Waals surface area (Å²) in [6, 6.07) is 19.0. The Balaban J connectivity index is 1.35. The zero-order valence-electron chi connectivity index (χ0n) is 16.5. The van der Waals surface area contributed by atoms with Crippen LogP contribution in [0.1, 0.15) is 11.4 Å². The number of nitrogens with one attached hydrogen (secondary N) is 1. The van der Waals surface area contributed by atoms with Crippen LogP contribution in [0.15, 0.2) is 70.7 Å². The van der Waals surface area contributed by atoms with Crippen molar-refractivity contribution in [3.8, 4) is 11.4 Å². The Kier molecular flexibility index (Phi) is 5.80. The maximum atomic E-state index is 12.3. The second-order valence-corrected chi connectivity index (χ2v) is 7.66. The van der Waals surface area contributed by atoms with Crippen LogP contribution in [0.2, 0.25) is 0 Å².